The Balaban J connectivity index is 2.25. The van der Waals surface area contributed by atoms with Crippen molar-refractivity contribution in [3.05, 3.63) is 11.7 Å². The Morgan fingerprint density at radius 3 is 2.93 bits per heavy atom. The number of rotatable bonds is 5. The molecule has 5 heteroatoms. The number of nitrogens with zero attached hydrogens (tertiary/aromatic N) is 3. The summed E-state index contributed by atoms with van der Waals surface area (Å²) in [5.41, 5.74) is 0. The lowest BCUT2D eigenvalue weighted by molar-refractivity contribution is 0.386. The lowest BCUT2D eigenvalue weighted by Gasteiger charge is -2.06. The van der Waals surface area contributed by atoms with E-state index in [1.54, 1.807) is 6.92 Å². The Morgan fingerprint density at radius 1 is 1.64 bits per heavy atom. The van der Waals surface area contributed by atoms with Crippen LogP contribution in [0.25, 0.3) is 0 Å². The molecule has 0 aromatic carbocycles. The topological polar surface area (TPSA) is 74.7 Å². The number of aryl methyl sites for hydroxylation is 1. The van der Waals surface area contributed by atoms with Gasteiger partial charge in [0.05, 0.1) is 12.1 Å². The molecule has 0 saturated carbocycles. The van der Waals surface area contributed by atoms with Gasteiger partial charge in [0, 0.05) is 19.9 Å². The lowest BCUT2D eigenvalue weighted by atomic mass is 10.2. The van der Waals surface area contributed by atoms with Crippen molar-refractivity contribution in [2.45, 2.75) is 32.7 Å². The highest BCUT2D eigenvalue weighted by atomic mass is 16.5. The van der Waals surface area contributed by atoms with Crippen LogP contribution in [0.15, 0.2) is 4.52 Å². The van der Waals surface area contributed by atoms with Gasteiger partial charge in [0.15, 0.2) is 5.82 Å². The van der Waals surface area contributed by atoms with Crippen molar-refractivity contribution < 1.29 is 4.52 Å². The molecule has 0 fully saturated rings. The monoisotopic (exact) mass is 194 g/mol. The van der Waals surface area contributed by atoms with Crippen LogP contribution >= 0.6 is 0 Å². The van der Waals surface area contributed by atoms with Gasteiger partial charge in [0.25, 0.3) is 0 Å². The molecule has 1 N–H and O–H groups in total. The van der Waals surface area contributed by atoms with E-state index < -0.39 is 0 Å². The molecule has 0 radical (unpaired) electrons. The maximum Gasteiger partial charge on any atom is 0.223 e. The van der Waals surface area contributed by atoms with E-state index in [1.807, 2.05) is 6.92 Å². The Morgan fingerprint density at radius 2 is 2.43 bits per heavy atom. The maximum atomic E-state index is 8.67. The van der Waals surface area contributed by atoms with Crippen molar-refractivity contribution in [1.29, 1.82) is 5.26 Å². The van der Waals surface area contributed by atoms with Gasteiger partial charge < -0.3 is 9.84 Å². The van der Waals surface area contributed by atoms with Crippen molar-refractivity contribution in [2.75, 3.05) is 6.54 Å². The van der Waals surface area contributed by atoms with Gasteiger partial charge in [-0.05, 0) is 6.42 Å². The molecule has 1 heterocycles. The highest BCUT2D eigenvalue weighted by Crippen LogP contribution is 1.95. The Kier molecular flexibility index (Phi) is 4.08. The highest BCUT2D eigenvalue weighted by Gasteiger charge is 2.05. The zero-order valence-corrected chi connectivity index (χ0v) is 8.45. The van der Waals surface area contributed by atoms with Crippen molar-refractivity contribution in [2.24, 2.45) is 0 Å². The summed E-state index contributed by atoms with van der Waals surface area (Å²) in [6.45, 7) is 4.43. The summed E-state index contributed by atoms with van der Waals surface area (Å²) in [4.78, 5) is 4.06. The molecule has 0 amide bonds. The first-order valence-corrected chi connectivity index (χ1v) is 4.68. The summed E-state index contributed by atoms with van der Waals surface area (Å²) in [6.07, 6.45) is 1.50. The minimum Gasteiger partial charge on any atom is -0.340 e. The molecule has 0 aliphatic heterocycles. The smallest absolute Gasteiger partial charge is 0.223 e. The fourth-order valence-electron chi connectivity index (χ4n) is 1.08. The van der Waals surface area contributed by atoms with Crippen LogP contribution in [0.3, 0.4) is 0 Å². The second-order valence-electron chi connectivity index (χ2n) is 3.02. The Hall–Kier alpha value is -1.41. The molecule has 1 aromatic rings. The average Bonchev–Trinajstić information content (AvgIpc) is 2.59. The molecule has 0 aliphatic rings. The SMILES string of the molecule is CCC(C#N)NCCc1noc(C)n1. The van der Waals surface area contributed by atoms with E-state index in [2.05, 4.69) is 21.5 Å². The van der Waals surface area contributed by atoms with Crippen LogP contribution in [0.2, 0.25) is 0 Å². The van der Waals surface area contributed by atoms with Gasteiger partial charge >= 0.3 is 0 Å². The van der Waals surface area contributed by atoms with Crippen molar-refractivity contribution in [3.8, 4) is 6.07 Å². The quantitative estimate of drug-likeness (QED) is 0.750. The summed E-state index contributed by atoms with van der Waals surface area (Å²) in [6, 6.07) is 2.09. The standard InChI is InChI=1S/C9H14N4O/c1-3-8(6-10)11-5-4-9-12-7(2)14-13-9/h8,11H,3-5H2,1-2H3. The number of nitriles is 1. The number of aromatic nitrogens is 2. The van der Waals surface area contributed by atoms with Gasteiger partial charge in [0.1, 0.15) is 0 Å². The fraction of sp³-hybridized carbons (Fsp3) is 0.667. The Bertz CT molecular complexity index is 315. The minimum atomic E-state index is -0.0806. The number of hydrogen-bond donors (Lipinski definition) is 1. The van der Waals surface area contributed by atoms with E-state index in [0.717, 1.165) is 6.42 Å². The maximum absolute atomic E-state index is 8.67. The van der Waals surface area contributed by atoms with Crippen LogP contribution < -0.4 is 5.32 Å². The molecule has 0 saturated heterocycles. The van der Waals surface area contributed by atoms with Gasteiger partial charge in [-0.1, -0.05) is 12.1 Å². The van der Waals surface area contributed by atoms with Crippen LogP contribution in [0.5, 0.6) is 0 Å². The molecule has 0 spiro atoms. The highest BCUT2D eigenvalue weighted by molar-refractivity contribution is 4.90. The molecule has 14 heavy (non-hydrogen) atoms. The average molecular weight is 194 g/mol. The molecular weight excluding hydrogens is 180 g/mol. The van der Waals surface area contributed by atoms with E-state index >= 15 is 0 Å². The normalized spacial score (nSPS) is 12.4. The molecular formula is C9H14N4O. The van der Waals surface area contributed by atoms with Crippen LogP contribution in [0.4, 0.5) is 0 Å². The molecule has 1 aromatic heterocycles. The number of hydrogen-bond acceptors (Lipinski definition) is 5. The zero-order valence-electron chi connectivity index (χ0n) is 8.45. The summed E-state index contributed by atoms with van der Waals surface area (Å²) < 4.78 is 4.82. The largest absolute Gasteiger partial charge is 0.340 e. The van der Waals surface area contributed by atoms with Gasteiger partial charge in [0.2, 0.25) is 5.89 Å². The molecule has 5 nitrogen and oxygen atoms in total. The van der Waals surface area contributed by atoms with Crippen LogP contribution in [0, 0.1) is 18.3 Å². The number of nitrogens with one attached hydrogen (secondary N) is 1. The van der Waals surface area contributed by atoms with Crippen molar-refractivity contribution >= 4 is 0 Å². The first-order chi connectivity index (χ1) is 6.76. The molecule has 0 bridgehead atoms. The lowest BCUT2D eigenvalue weighted by Crippen LogP contribution is -2.28. The van der Waals surface area contributed by atoms with Gasteiger partial charge in [-0.2, -0.15) is 10.2 Å². The minimum absolute atomic E-state index is 0.0806. The van der Waals surface area contributed by atoms with Crippen LogP contribution in [-0.2, 0) is 6.42 Å². The van der Waals surface area contributed by atoms with E-state index in [0.29, 0.717) is 24.7 Å². The van der Waals surface area contributed by atoms with Crippen molar-refractivity contribution in [3.63, 3.8) is 0 Å². The summed E-state index contributed by atoms with van der Waals surface area (Å²) in [7, 11) is 0. The molecule has 1 rings (SSSR count). The molecule has 1 unspecified atom stereocenters. The van der Waals surface area contributed by atoms with Crippen molar-refractivity contribution in [1.82, 2.24) is 15.5 Å². The van der Waals surface area contributed by atoms with Crippen LogP contribution in [0.1, 0.15) is 25.1 Å². The first-order valence-electron chi connectivity index (χ1n) is 4.68. The third-order valence-corrected chi connectivity index (χ3v) is 1.87. The predicted octanol–water partition coefficient (Wildman–Crippen LogP) is 0.812. The summed E-state index contributed by atoms with van der Waals surface area (Å²) in [5, 5.41) is 15.5. The van der Waals surface area contributed by atoms with E-state index in [4.69, 9.17) is 9.78 Å². The molecule has 1 atom stereocenters. The Labute approximate surface area is 83.1 Å². The third-order valence-electron chi connectivity index (χ3n) is 1.87. The van der Waals surface area contributed by atoms with E-state index in [1.165, 1.54) is 0 Å². The van der Waals surface area contributed by atoms with Gasteiger partial charge in [-0.15, -0.1) is 0 Å². The van der Waals surface area contributed by atoms with Crippen LogP contribution in [-0.4, -0.2) is 22.7 Å². The second-order valence-corrected chi connectivity index (χ2v) is 3.02. The summed E-state index contributed by atoms with van der Waals surface area (Å²) in [5.74, 6) is 1.26. The zero-order chi connectivity index (χ0) is 10.4. The second kappa shape index (κ2) is 5.35. The first kappa shape index (κ1) is 10.7. The van der Waals surface area contributed by atoms with Gasteiger partial charge in [-0.25, -0.2) is 0 Å². The van der Waals surface area contributed by atoms with E-state index in [9.17, 15) is 0 Å². The third kappa shape index (κ3) is 3.15. The molecule has 76 valence electrons. The predicted molar refractivity (Wildman–Crippen MR) is 50.4 cm³/mol. The fourth-order valence-corrected chi connectivity index (χ4v) is 1.08. The summed E-state index contributed by atoms with van der Waals surface area (Å²) >= 11 is 0. The van der Waals surface area contributed by atoms with E-state index in [-0.39, 0.29) is 6.04 Å². The van der Waals surface area contributed by atoms with Gasteiger partial charge in [-0.3, -0.25) is 0 Å². The molecule has 0 aliphatic carbocycles.